The molecule has 0 fully saturated rings. The summed E-state index contributed by atoms with van der Waals surface area (Å²) in [6.07, 6.45) is 2.14. The van der Waals surface area contributed by atoms with E-state index in [0.29, 0.717) is 12.1 Å². The van der Waals surface area contributed by atoms with Crippen LogP contribution in [0.1, 0.15) is 65.4 Å². The first-order valence-electron chi connectivity index (χ1n) is 11.8. The van der Waals surface area contributed by atoms with Crippen LogP contribution >= 0.6 is 31.9 Å². The zero-order chi connectivity index (χ0) is 28.4. The van der Waals surface area contributed by atoms with Gasteiger partial charge in [-0.15, -0.1) is 11.5 Å². The molecule has 0 bridgehead atoms. The van der Waals surface area contributed by atoms with E-state index < -0.39 is 30.0 Å². The smallest absolute Gasteiger partial charge is 0.144 e. The van der Waals surface area contributed by atoms with Crippen LogP contribution in [0.2, 0.25) is 19.6 Å². The van der Waals surface area contributed by atoms with Crippen molar-refractivity contribution in [3.05, 3.63) is 57.0 Å². The van der Waals surface area contributed by atoms with Gasteiger partial charge in [-0.25, -0.2) is 23.1 Å². The van der Waals surface area contributed by atoms with Crippen molar-refractivity contribution in [1.82, 2.24) is 14.7 Å². The van der Waals surface area contributed by atoms with Gasteiger partial charge in [0.2, 0.25) is 0 Å². The Bertz CT molecular complexity index is 1180. The maximum absolute atomic E-state index is 12.4. The third-order valence-corrected chi connectivity index (χ3v) is 8.98. The third kappa shape index (κ3) is 14.6. The number of hydrogen-bond donors (Lipinski definition) is 1. The van der Waals surface area contributed by atoms with Crippen LogP contribution in [-0.2, 0) is 22.0 Å². The van der Waals surface area contributed by atoms with Gasteiger partial charge in [-0.2, -0.15) is 4.40 Å². The van der Waals surface area contributed by atoms with Gasteiger partial charge >= 0.3 is 0 Å². The largest absolute Gasteiger partial charge is 0.244 e. The molecule has 6 nitrogen and oxygen atoms in total. The van der Waals surface area contributed by atoms with Gasteiger partial charge in [0.1, 0.15) is 28.3 Å². The molecule has 1 N–H and O–H groups in total. The predicted octanol–water partition coefficient (Wildman–Crippen LogP) is 6.93. The van der Waals surface area contributed by atoms with E-state index in [1.165, 1.54) is 6.21 Å². The van der Waals surface area contributed by atoms with E-state index in [4.69, 9.17) is 0 Å². The number of nitrogens with zero attached hydrogens (tertiary/aromatic N) is 3. The van der Waals surface area contributed by atoms with Crippen LogP contribution in [-0.4, -0.2) is 42.2 Å². The van der Waals surface area contributed by atoms with Gasteiger partial charge in [0.25, 0.3) is 0 Å². The first-order chi connectivity index (χ1) is 16.9. The summed E-state index contributed by atoms with van der Waals surface area (Å²) in [6, 6.07) is 11.1. The second-order valence-corrected chi connectivity index (χ2v) is 21.5. The Hall–Kier alpha value is -1.03. The van der Waals surface area contributed by atoms with E-state index in [1.807, 2.05) is 77.9 Å². The lowest BCUT2D eigenvalue weighted by atomic mass is 10.1. The minimum Gasteiger partial charge on any atom is -0.244 e. The minimum atomic E-state index is -1.41. The first-order valence-corrected chi connectivity index (χ1v) is 19.1. The number of rotatable bonds is 6. The lowest BCUT2D eigenvalue weighted by Gasteiger charge is -2.23. The van der Waals surface area contributed by atoms with Gasteiger partial charge < -0.3 is 0 Å². The summed E-state index contributed by atoms with van der Waals surface area (Å²) in [7, 11) is -3.80. The highest BCUT2D eigenvalue weighted by Crippen LogP contribution is 2.20. The van der Waals surface area contributed by atoms with E-state index in [2.05, 4.69) is 82.1 Å². The molecule has 2 heterocycles. The SMILES string of the molecule is CC(C)(C)[S@](=O)N=Cc1cccc(Br)n1.CC(C)(C)[S@](=O)N[C@@H](CC#C[Si](C)(C)C)c1cccc(Br)n1. The molecule has 0 aliphatic heterocycles. The maximum atomic E-state index is 12.4. The Kier molecular flexibility index (Phi) is 13.7. The highest BCUT2D eigenvalue weighted by Gasteiger charge is 2.24. The monoisotopic (exact) mass is 688 g/mol. The summed E-state index contributed by atoms with van der Waals surface area (Å²) in [5.41, 5.74) is 4.91. The van der Waals surface area contributed by atoms with E-state index in [1.54, 1.807) is 0 Å². The second kappa shape index (κ2) is 14.9. The van der Waals surface area contributed by atoms with Crippen LogP contribution in [0, 0.1) is 11.5 Å². The van der Waals surface area contributed by atoms with E-state index in [9.17, 15) is 8.42 Å². The molecule has 37 heavy (non-hydrogen) atoms. The summed E-state index contributed by atoms with van der Waals surface area (Å²) in [6.45, 7) is 18.2. The number of halogens is 2. The first kappa shape index (κ1) is 34.0. The van der Waals surface area contributed by atoms with Crippen molar-refractivity contribution in [3.8, 4) is 11.5 Å². The fourth-order valence-electron chi connectivity index (χ4n) is 2.30. The molecular formula is C26H38Br2N4O2S2Si. The van der Waals surface area contributed by atoms with Crippen LogP contribution in [0.25, 0.3) is 0 Å². The van der Waals surface area contributed by atoms with Crippen LogP contribution in [0.5, 0.6) is 0 Å². The summed E-state index contributed by atoms with van der Waals surface area (Å²) in [5.74, 6) is 3.26. The summed E-state index contributed by atoms with van der Waals surface area (Å²) in [5, 5.41) is 0. The molecular weight excluding hydrogens is 652 g/mol. The fourth-order valence-corrected chi connectivity index (χ4v) is 4.99. The molecule has 2 aromatic heterocycles. The van der Waals surface area contributed by atoms with Gasteiger partial charge in [-0.05, 0) is 97.7 Å². The Morgan fingerprint density at radius 2 is 1.54 bits per heavy atom. The molecule has 0 aliphatic carbocycles. The average molecular weight is 691 g/mol. The van der Waals surface area contributed by atoms with E-state index in [-0.39, 0.29) is 15.5 Å². The van der Waals surface area contributed by atoms with Crippen LogP contribution in [0.4, 0.5) is 0 Å². The normalized spacial score (nSPS) is 14.7. The van der Waals surface area contributed by atoms with Crippen molar-refractivity contribution in [2.75, 3.05) is 0 Å². The molecule has 0 saturated heterocycles. The second-order valence-electron chi connectivity index (χ2n) is 11.2. The van der Waals surface area contributed by atoms with Gasteiger partial charge in [-0.3, -0.25) is 0 Å². The summed E-state index contributed by atoms with van der Waals surface area (Å²) < 4.78 is 32.0. The molecule has 2 rings (SSSR count). The van der Waals surface area contributed by atoms with Crippen molar-refractivity contribution >= 4 is 68.1 Å². The highest BCUT2D eigenvalue weighted by molar-refractivity contribution is 9.10. The highest BCUT2D eigenvalue weighted by atomic mass is 79.9. The molecule has 0 aliphatic rings. The van der Waals surface area contributed by atoms with E-state index >= 15 is 0 Å². The third-order valence-electron chi connectivity index (χ3n) is 4.21. The summed E-state index contributed by atoms with van der Waals surface area (Å²) in [4.78, 5) is 8.65. The predicted molar refractivity (Wildman–Crippen MR) is 169 cm³/mol. The van der Waals surface area contributed by atoms with Crippen LogP contribution < -0.4 is 4.72 Å². The molecule has 204 valence electrons. The lowest BCUT2D eigenvalue weighted by Crippen LogP contribution is -2.36. The Morgan fingerprint density at radius 1 is 0.973 bits per heavy atom. The fraction of sp³-hybridized carbons (Fsp3) is 0.500. The Morgan fingerprint density at radius 3 is 2.03 bits per heavy atom. The zero-order valence-electron chi connectivity index (χ0n) is 23.1. The lowest BCUT2D eigenvalue weighted by molar-refractivity contribution is 0.597. The molecule has 2 aromatic rings. The number of pyridine rings is 2. The maximum Gasteiger partial charge on any atom is 0.144 e. The van der Waals surface area contributed by atoms with Gasteiger partial charge in [0, 0.05) is 6.42 Å². The Balaban J connectivity index is 0.000000397. The molecule has 0 unspecified atom stereocenters. The van der Waals surface area contributed by atoms with Crippen molar-refractivity contribution < 1.29 is 8.42 Å². The van der Waals surface area contributed by atoms with Gasteiger partial charge in [0.05, 0.1) is 44.1 Å². The van der Waals surface area contributed by atoms with Crippen molar-refractivity contribution in [2.45, 2.75) is 83.1 Å². The standard InChI is InChI=1S/C16H25BrN2OSSi.C10H13BrN2OS/c1-16(2,3)21(20)19-14(10-8-12-22(4,5)6)13-9-7-11-15(17)18-13;1-10(2,3)15(14)12-7-8-5-4-6-9(11)13-8/h7,9,11,14,19H,10H2,1-6H3;4-7H,1-3H3/t14-,21-;15-/m00/s1. The summed E-state index contributed by atoms with van der Waals surface area (Å²) >= 11 is 6.65. The van der Waals surface area contributed by atoms with Crippen molar-refractivity contribution in [2.24, 2.45) is 4.40 Å². The van der Waals surface area contributed by atoms with Crippen molar-refractivity contribution in [3.63, 3.8) is 0 Å². The Labute approximate surface area is 245 Å². The van der Waals surface area contributed by atoms with Gasteiger partial charge in [0.15, 0.2) is 0 Å². The molecule has 11 heteroatoms. The molecule has 0 aromatic carbocycles. The quantitative estimate of drug-likeness (QED) is 0.154. The zero-order valence-corrected chi connectivity index (χ0v) is 28.9. The van der Waals surface area contributed by atoms with Crippen molar-refractivity contribution in [1.29, 1.82) is 0 Å². The molecule has 3 atom stereocenters. The number of hydrogen-bond acceptors (Lipinski definition) is 4. The topological polar surface area (TPSA) is 84.3 Å². The minimum absolute atomic E-state index is 0.138. The number of aromatic nitrogens is 2. The molecule has 0 radical (unpaired) electrons. The van der Waals surface area contributed by atoms with Crippen LogP contribution in [0.15, 0.2) is 50.0 Å². The average Bonchev–Trinajstić information content (AvgIpc) is 2.75. The van der Waals surface area contributed by atoms with E-state index in [0.717, 1.165) is 14.9 Å². The van der Waals surface area contributed by atoms with Gasteiger partial charge in [-0.1, -0.05) is 31.8 Å². The van der Waals surface area contributed by atoms with Crippen LogP contribution in [0.3, 0.4) is 0 Å². The molecule has 0 spiro atoms. The molecule has 0 amide bonds. The number of nitrogens with one attached hydrogen (secondary N) is 1. The molecule has 0 saturated carbocycles.